The number of amides is 1. The molecule has 0 aliphatic carbocycles. The van der Waals surface area contributed by atoms with Crippen molar-refractivity contribution in [1.82, 2.24) is 30.0 Å². The standard InChI is InChI=1S/C14H19N7O2/c1-10-6-12(22)19-14(17-10)20-4-2-11(3-5-20)18-13(23)7-21-9-15-8-16-21/h6,8-9,11H,2-5,7H2,1H3,(H,18,23)(H,17,19,22). The van der Waals surface area contributed by atoms with Crippen LogP contribution in [0.15, 0.2) is 23.5 Å². The van der Waals surface area contributed by atoms with Crippen molar-refractivity contribution in [2.75, 3.05) is 18.0 Å². The van der Waals surface area contributed by atoms with Crippen molar-refractivity contribution in [3.05, 3.63) is 34.8 Å². The molecule has 2 aromatic heterocycles. The second kappa shape index (κ2) is 6.59. The number of aromatic nitrogens is 5. The summed E-state index contributed by atoms with van der Waals surface area (Å²) < 4.78 is 1.49. The molecular formula is C14H19N7O2. The molecule has 23 heavy (non-hydrogen) atoms. The number of nitrogens with one attached hydrogen (secondary N) is 2. The van der Waals surface area contributed by atoms with Crippen LogP contribution in [-0.4, -0.2) is 49.8 Å². The summed E-state index contributed by atoms with van der Waals surface area (Å²) in [6.45, 7) is 3.45. The predicted octanol–water partition coefficient (Wildman–Crippen LogP) is -0.545. The maximum absolute atomic E-state index is 11.9. The number of anilines is 1. The average molecular weight is 317 g/mol. The number of nitrogens with zero attached hydrogens (tertiary/aromatic N) is 5. The van der Waals surface area contributed by atoms with E-state index in [4.69, 9.17) is 0 Å². The number of piperidine rings is 1. The van der Waals surface area contributed by atoms with Crippen LogP contribution in [0.2, 0.25) is 0 Å². The lowest BCUT2D eigenvalue weighted by molar-refractivity contribution is -0.122. The maximum Gasteiger partial charge on any atom is 0.252 e. The molecule has 1 aliphatic rings. The van der Waals surface area contributed by atoms with Crippen molar-refractivity contribution in [1.29, 1.82) is 0 Å². The van der Waals surface area contributed by atoms with E-state index >= 15 is 0 Å². The quantitative estimate of drug-likeness (QED) is 0.783. The van der Waals surface area contributed by atoms with Crippen LogP contribution in [0.25, 0.3) is 0 Å². The molecule has 1 amide bonds. The van der Waals surface area contributed by atoms with Gasteiger partial charge in [0.25, 0.3) is 5.56 Å². The molecule has 3 heterocycles. The van der Waals surface area contributed by atoms with Gasteiger partial charge in [-0.3, -0.25) is 14.6 Å². The van der Waals surface area contributed by atoms with E-state index in [0.717, 1.165) is 25.9 Å². The Labute approximate surface area is 132 Å². The first kappa shape index (κ1) is 15.2. The highest BCUT2D eigenvalue weighted by Gasteiger charge is 2.22. The summed E-state index contributed by atoms with van der Waals surface area (Å²) in [5.41, 5.74) is 0.558. The molecule has 0 saturated carbocycles. The summed E-state index contributed by atoms with van der Waals surface area (Å²) in [5, 5.41) is 6.92. The van der Waals surface area contributed by atoms with Gasteiger partial charge in [-0.2, -0.15) is 5.10 Å². The first-order valence-corrected chi connectivity index (χ1v) is 7.55. The van der Waals surface area contributed by atoms with Gasteiger partial charge >= 0.3 is 0 Å². The van der Waals surface area contributed by atoms with Gasteiger partial charge in [-0.25, -0.2) is 14.6 Å². The van der Waals surface area contributed by atoms with E-state index in [1.54, 1.807) is 6.92 Å². The summed E-state index contributed by atoms with van der Waals surface area (Å²) in [4.78, 5) is 36.4. The van der Waals surface area contributed by atoms with Gasteiger partial charge < -0.3 is 10.2 Å². The van der Waals surface area contributed by atoms with Crippen LogP contribution in [0.3, 0.4) is 0 Å². The predicted molar refractivity (Wildman–Crippen MR) is 83.0 cm³/mol. The van der Waals surface area contributed by atoms with E-state index in [0.29, 0.717) is 11.6 Å². The van der Waals surface area contributed by atoms with E-state index in [-0.39, 0.29) is 24.1 Å². The van der Waals surface area contributed by atoms with Gasteiger partial charge in [0.15, 0.2) is 0 Å². The molecule has 2 aromatic rings. The molecule has 3 rings (SSSR count). The lowest BCUT2D eigenvalue weighted by atomic mass is 10.1. The van der Waals surface area contributed by atoms with E-state index in [1.807, 2.05) is 4.90 Å². The topological polar surface area (TPSA) is 109 Å². The number of carbonyl (C=O) groups is 1. The molecule has 0 radical (unpaired) electrons. The molecule has 0 aromatic carbocycles. The second-order valence-corrected chi connectivity index (χ2v) is 5.63. The average Bonchev–Trinajstić information content (AvgIpc) is 2.99. The van der Waals surface area contributed by atoms with Crippen molar-refractivity contribution in [3.8, 4) is 0 Å². The molecule has 0 atom stereocenters. The van der Waals surface area contributed by atoms with Crippen LogP contribution in [0.5, 0.6) is 0 Å². The Morgan fingerprint density at radius 3 is 2.87 bits per heavy atom. The lowest BCUT2D eigenvalue weighted by Crippen LogP contribution is -2.46. The van der Waals surface area contributed by atoms with Gasteiger partial charge in [0.1, 0.15) is 19.2 Å². The van der Waals surface area contributed by atoms with Crippen molar-refractivity contribution >= 4 is 11.9 Å². The molecule has 1 saturated heterocycles. The van der Waals surface area contributed by atoms with Gasteiger partial charge in [-0.05, 0) is 19.8 Å². The fourth-order valence-electron chi connectivity index (χ4n) is 2.68. The van der Waals surface area contributed by atoms with Crippen LogP contribution in [0.1, 0.15) is 18.5 Å². The third-order valence-electron chi connectivity index (χ3n) is 3.79. The first-order valence-electron chi connectivity index (χ1n) is 7.55. The summed E-state index contributed by atoms with van der Waals surface area (Å²) in [6.07, 6.45) is 4.53. The zero-order chi connectivity index (χ0) is 16.2. The Kier molecular flexibility index (Phi) is 4.35. The molecular weight excluding hydrogens is 298 g/mol. The Bertz CT molecular complexity index is 717. The largest absolute Gasteiger partial charge is 0.352 e. The van der Waals surface area contributed by atoms with Gasteiger partial charge in [0, 0.05) is 30.9 Å². The minimum Gasteiger partial charge on any atom is -0.352 e. The van der Waals surface area contributed by atoms with Crippen LogP contribution in [0, 0.1) is 6.92 Å². The fourth-order valence-corrected chi connectivity index (χ4v) is 2.68. The molecule has 0 bridgehead atoms. The van der Waals surface area contributed by atoms with Crippen LogP contribution in [-0.2, 0) is 11.3 Å². The zero-order valence-corrected chi connectivity index (χ0v) is 12.9. The van der Waals surface area contributed by atoms with Crippen molar-refractivity contribution in [2.24, 2.45) is 0 Å². The molecule has 1 fully saturated rings. The van der Waals surface area contributed by atoms with Crippen molar-refractivity contribution in [2.45, 2.75) is 32.4 Å². The third kappa shape index (κ3) is 3.93. The molecule has 0 spiro atoms. The number of aromatic amines is 1. The Morgan fingerprint density at radius 2 is 2.22 bits per heavy atom. The van der Waals surface area contributed by atoms with E-state index in [9.17, 15) is 9.59 Å². The number of carbonyl (C=O) groups excluding carboxylic acids is 1. The summed E-state index contributed by atoms with van der Waals surface area (Å²) in [5.74, 6) is 0.526. The number of hydrogen-bond donors (Lipinski definition) is 2. The maximum atomic E-state index is 11.9. The normalized spacial score (nSPS) is 15.6. The molecule has 0 unspecified atom stereocenters. The van der Waals surface area contributed by atoms with Gasteiger partial charge in [0.05, 0.1) is 0 Å². The minimum atomic E-state index is -0.143. The highest BCUT2D eigenvalue weighted by atomic mass is 16.2. The summed E-state index contributed by atoms with van der Waals surface area (Å²) in [6, 6.07) is 1.60. The van der Waals surface area contributed by atoms with Crippen molar-refractivity contribution in [3.63, 3.8) is 0 Å². The molecule has 2 N–H and O–H groups in total. The molecule has 9 nitrogen and oxygen atoms in total. The van der Waals surface area contributed by atoms with Gasteiger partial charge in [0.2, 0.25) is 11.9 Å². The number of rotatable bonds is 4. The third-order valence-corrected chi connectivity index (χ3v) is 3.79. The van der Waals surface area contributed by atoms with Crippen molar-refractivity contribution < 1.29 is 4.79 Å². The Balaban J connectivity index is 1.52. The van der Waals surface area contributed by atoms with Gasteiger partial charge in [-0.1, -0.05) is 0 Å². The highest BCUT2D eigenvalue weighted by Crippen LogP contribution is 2.15. The van der Waals surface area contributed by atoms with Crippen LogP contribution < -0.4 is 15.8 Å². The monoisotopic (exact) mass is 317 g/mol. The number of aryl methyl sites for hydroxylation is 1. The molecule has 1 aliphatic heterocycles. The zero-order valence-electron chi connectivity index (χ0n) is 12.9. The summed E-state index contributed by atoms with van der Waals surface area (Å²) in [7, 11) is 0. The Morgan fingerprint density at radius 1 is 1.43 bits per heavy atom. The lowest BCUT2D eigenvalue weighted by Gasteiger charge is -2.32. The fraction of sp³-hybridized carbons (Fsp3) is 0.500. The van der Waals surface area contributed by atoms with Crippen LogP contribution in [0.4, 0.5) is 5.95 Å². The number of H-pyrrole nitrogens is 1. The highest BCUT2D eigenvalue weighted by molar-refractivity contribution is 5.75. The van der Waals surface area contributed by atoms with Crippen LogP contribution >= 0.6 is 0 Å². The van der Waals surface area contributed by atoms with E-state index in [2.05, 4.69) is 25.4 Å². The minimum absolute atomic E-state index is 0.0731. The SMILES string of the molecule is Cc1cc(=O)[nH]c(N2CCC(NC(=O)Cn3cncn3)CC2)n1. The molecule has 9 heteroatoms. The van der Waals surface area contributed by atoms with E-state index in [1.165, 1.54) is 23.4 Å². The molecule has 122 valence electrons. The second-order valence-electron chi connectivity index (χ2n) is 5.63. The van der Waals surface area contributed by atoms with E-state index < -0.39 is 0 Å². The smallest absolute Gasteiger partial charge is 0.252 e. The number of hydrogen-bond acceptors (Lipinski definition) is 6. The Hall–Kier alpha value is -2.71. The van der Waals surface area contributed by atoms with Gasteiger partial charge in [-0.15, -0.1) is 0 Å². The summed E-state index contributed by atoms with van der Waals surface area (Å²) >= 11 is 0. The first-order chi connectivity index (χ1) is 11.1.